The van der Waals surface area contributed by atoms with Crippen molar-refractivity contribution in [2.24, 2.45) is 0 Å². The lowest BCUT2D eigenvalue weighted by Gasteiger charge is -2.35. The van der Waals surface area contributed by atoms with Gasteiger partial charge in [0.25, 0.3) is 0 Å². The van der Waals surface area contributed by atoms with Gasteiger partial charge in [-0.2, -0.15) is 0 Å². The van der Waals surface area contributed by atoms with E-state index in [0.717, 1.165) is 51.3 Å². The van der Waals surface area contributed by atoms with E-state index < -0.39 is 0 Å². The van der Waals surface area contributed by atoms with Crippen LogP contribution in [0.25, 0.3) is 0 Å². The summed E-state index contributed by atoms with van der Waals surface area (Å²) in [6.07, 6.45) is 3.52. The molecule has 1 amide bonds. The molecule has 2 aliphatic rings. The number of carbonyl (C=O) groups is 1. The number of nitrogens with one attached hydrogen (secondary N) is 1. The van der Waals surface area contributed by atoms with Crippen LogP contribution in [0.15, 0.2) is 48.5 Å². The van der Waals surface area contributed by atoms with E-state index in [1.807, 2.05) is 12.1 Å². The van der Waals surface area contributed by atoms with Gasteiger partial charge in [-0.05, 0) is 54.7 Å². The zero-order valence-electron chi connectivity index (χ0n) is 16.3. The lowest BCUT2D eigenvalue weighted by atomic mass is 9.83. The number of phenols is 1. The minimum atomic E-state index is 0.126. The van der Waals surface area contributed by atoms with Crippen LogP contribution in [0.5, 0.6) is 5.75 Å². The van der Waals surface area contributed by atoms with Crippen molar-refractivity contribution >= 4 is 11.6 Å². The van der Waals surface area contributed by atoms with Crippen molar-refractivity contribution in [2.75, 3.05) is 44.2 Å². The van der Waals surface area contributed by atoms with Crippen LogP contribution < -0.4 is 10.2 Å². The Morgan fingerprint density at radius 2 is 1.79 bits per heavy atom. The van der Waals surface area contributed by atoms with Crippen LogP contribution in [0.1, 0.15) is 29.9 Å². The zero-order valence-corrected chi connectivity index (χ0v) is 16.3. The number of fused-ring (bicyclic) bond motifs is 1. The summed E-state index contributed by atoms with van der Waals surface area (Å²) in [5.41, 5.74) is 3.98. The normalized spacial score (nSPS) is 19.9. The van der Waals surface area contributed by atoms with E-state index in [-0.39, 0.29) is 5.91 Å². The summed E-state index contributed by atoms with van der Waals surface area (Å²) < 4.78 is 0. The third-order valence-electron chi connectivity index (χ3n) is 5.99. The highest BCUT2D eigenvalue weighted by Crippen LogP contribution is 2.30. The van der Waals surface area contributed by atoms with Gasteiger partial charge >= 0.3 is 0 Å². The van der Waals surface area contributed by atoms with E-state index >= 15 is 0 Å². The largest absolute Gasteiger partial charge is 0.508 e. The van der Waals surface area contributed by atoms with Crippen molar-refractivity contribution in [3.63, 3.8) is 0 Å². The number of aromatic hydroxyl groups is 1. The molecule has 1 aliphatic carbocycles. The van der Waals surface area contributed by atoms with Crippen LogP contribution in [0.2, 0.25) is 0 Å². The van der Waals surface area contributed by atoms with Crippen LogP contribution in [0, 0.1) is 0 Å². The Labute approximate surface area is 167 Å². The van der Waals surface area contributed by atoms with Gasteiger partial charge in [0, 0.05) is 44.3 Å². The molecule has 1 unspecified atom stereocenters. The molecule has 0 radical (unpaired) electrons. The Morgan fingerprint density at radius 1 is 1.04 bits per heavy atom. The molecule has 5 nitrogen and oxygen atoms in total. The van der Waals surface area contributed by atoms with Gasteiger partial charge in [0.1, 0.15) is 5.75 Å². The minimum Gasteiger partial charge on any atom is -0.508 e. The molecular weight excluding hydrogens is 350 g/mol. The second kappa shape index (κ2) is 8.65. The van der Waals surface area contributed by atoms with Crippen molar-refractivity contribution in [3.05, 3.63) is 59.7 Å². The maximum atomic E-state index is 12.5. The molecule has 1 heterocycles. The van der Waals surface area contributed by atoms with Gasteiger partial charge in [0.2, 0.25) is 5.91 Å². The molecule has 1 saturated heterocycles. The Morgan fingerprint density at radius 3 is 2.57 bits per heavy atom. The fourth-order valence-corrected chi connectivity index (χ4v) is 4.39. The van der Waals surface area contributed by atoms with Crippen LogP contribution in [0.4, 0.5) is 5.69 Å². The predicted octanol–water partition coefficient (Wildman–Crippen LogP) is 2.75. The second-order valence-electron chi connectivity index (χ2n) is 7.87. The predicted molar refractivity (Wildman–Crippen MR) is 112 cm³/mol. The quantitative estimate of drug-likeness (QED) is 0.839. The smallest absolute Gasteiger partial charge is 0.234 e. The summed E-state index contributed by atoms with van der Waals surface area (Å²) in [5, 5.41) is 12.6. The summed E-state index contributed by atoms with van der Waals surface area (Å²) in [5.74, 6) is 0.862. The number of piperazine rings is 1. The maximum Gasteiger partial charge on any atom is 0.234 e. The lowest BCUT2D eigenvalue weighted by molar-refractivity contribution is -0.122. The van der Waals surface area contributed by atoms with Gasteiger partial charge < -0.3 is 15.3 Å². The van der Waals surface area contributed by atoms with Gasteiger partial charge in [0.15, 0.2) is 0 Å². The van der Waals surface area contributed by atoms with Gasteiger partial charge in [-0.1, -0.05) is 24.3 Å². The molecule has 2 N–H and O–H groups in total. The SMILES string of the molecule is O=C(CN1CCN(c2ccc(O)cc2)CC1)NCC1CCCc2ccccc21. The number of hydrogen-bond acceptors (Lipinski definition) is 4. The fraction of sp³-hybridized carbons (Fsp3) is 0.435. The number of anilines is 1. The molecule has 148 valence electrons. The highest BCUT2D eigenvalue weighted by Gasteiger charge is 2.22. The number of aryl methyl sites for hydroxylation is 1. The molecule has 1 fully saturated rings. The monoisotopic (exact) mass is 379 g/mol. The number of rotatable bonds is 5. The molecule has 1 aliphatic heterocycles. The summed E-state index contributed by atoms with van der Waals surface area (Å²) in [6, 6.07) is 16.0. The molecule has 0 aromatic heterocycles. The second-order valence-corrected chi connectivity index (χ2v) is 7.87. The Balaban J connectivity index is 1.23. The number of hydrogen-bond donors (Lipinski definition) is 2. The number of phenolic OH excluding ortho intramolecular Hbond substituents is 1. The average molecular weight is 380 g/mol. The third kappa shape index (κ3) is 4.47. The molecule has 0 saturated carbocycles. The van der Waals surface area contributed by atoms with Crippen LogP contribution in [-0.4, -0.2) is 55.2 Å². The highest BCUT2D eigenvalue weighted by molar-refractivity contribution is 5.78. The van der Waals surface area contributed by atoms with Crippen molar-refractivity contribution in [3.8, 4) is 5.75 Å². The first kappa shape index (κ1) is 18.8. The number of carbonyl (C=O) groups excluding carboxylic acids is 1. The van der Waals surface area contributed by atoms with Crippen molar-refractivity contribution in [2.45, 2.75) is 25.2 Å². The molecule has 28 heavy (non-hydrogen) atoms. The van der Waals surface area contributed by atoms with Crippen molar-refractivity contribution in [1.29, 1.82) is 0 Å². The van der Waals surface area contributed by atoms with E-state index in [4.69, 9.17) is 0 Å². The Kier molecular flexibility index (Phi) is 5.81. The molecule has 2 aromatic rings. The third-order valence-corrected chi connectivity index (χ3v) is 5.99. The Bertz CT molecular complexity index is 798. The molecule has 0 bridgehead atoms. The van der Waals surface area contributed by atoms with Gasteiger partial charge in [0.05, 0.1) is 6.54 Å². The maximum absolute atomic E-state index is 12.5. The number of nitrogens with zero attached hydrogens (tertiary/aromatic N) is 2. The highest BCUT2D eigenvalue weighted by atomic mass is 16.3. The molecular formula is C23H29N3O2. The van der Waals surface area contributed by atoms with E-state index in [0.29, 0.717) is 18.2 Å². The van der Waals surface area contributed by atoms with Gasteiger partial charge in [-0.25, -0.2) is 0 Å². The molecule has 0 spiro atoms. The van der Waals surface area contributed by atoms with E-state index in [2.05, 4.69) is 39.4 Å². The fourth-order valence-electron chi connectivity index (χ4n) is 4.39. The van der Waals surface area contributed by atoms with E-state index in [1.165, 1.54) is 17.5 Å². The minimum absolute atomic E-state index is 0.126. The lowest BCUT2D eigenvalue weighted by Crippen LogP contribution is -2.49. The van der Waals surface area contributed by atoms with Crippen LogP contribution >= 0.6 is 0 Å². The average Bonchev–Trinajstić information content (AvgIpc) is 2.73. The molecule has 2 aromatic carbocycles. The van der Waals surface area contributed by atoms with Gasteiger partial charge in [-0.3, -0.25) is 9.69 Å². The Hall–Kier alpha value is -2.53. The zero-order chi connectivity index (χ0) is 19.3. The van der Waals surface area contributed by atoms with E-state index in [9.17, 15) is 9.90 Å². The standard InChI is InChI=1S/C23H29N3O2/c27-21-10-8-20(9-11-21)26-14-12-25(13-15-26)17-23(28)24-16-19-6-3-5-18-4-1-2-7-22(18)19/h1-2,4,7-11,19,27H,3,5-6,12-17H2,(H,24,28). The first-order valence-corrected chi connectivity index (χ1v) is 10.3. The van der Waals surface area contributed by atoms with Crippen LogP contribution in [-0.2, 0) is 11.2 Å². The number of amides is 1. The molecule has 5 heteroatoms. The van der Waals surface area contributed by atoms with Crippen LogP contribution in [0.3, 0.4) is 0 Å². The molecule has 1 atom stereocenters. The first-order chi connectivity index (χ1) is 13.7. The van der Waals surface area contributed by atoms with E-state index in [1.54, 1.807) is 12.1 Å². The van der Waals surface area contributed by atoms with Crippen molar-refractivity contribution in [1.82, 2.24) is 10.2 Å². The topological polar surface area (TPSA) is 55.8 Å². The summed E-state index contributed by atoms with van der Waals surface area (Å²) >= 11 is 0. The first-order valence-electron chi connectivity index (χ1n) is 10.3. The van der Waals surface area contributed by atoms with Crippen molar-refractivity contribution < 1.29 is 9.90 Å². The van der Waals surface area contributed by atoms with Gasteiger partial charge in [-0.15, -0.1) is 0 Å². The summed E-state index contributed by atoms with van der Waals surface area (Å²) in [6.45, 7) is 4.75. The number of benzene rings is 2. The summed E-state index contributed by atoms with van der Waals surface area (Å²) in [7, 11) is 0. The summed E-state index contributed by atoms with van der Waals surface area (Å²) in [4.78, 5) is 17.0. The molecule has 4 rings (SSSR count).